The van der Waals surface area contributed by atoms with Crippen LogP contribution in [0.2, 0.25) is 5.02 Å². The maximum absolute atomic E-state index is 12.4. The van der Waals surface area contributed by atoms with Gasteiger partial charge in [0.15, 0.2) is 0 Å². The third-order valence-corrected chi connectivity index (χ3v) is 4.41. The van der Waals surface area contributed by atoms with Gasteiger partial charge in [0.25, 0.3) is 0 Å². The minimum atomic E-state index is -0.153. The van der Waals surface area contributed by atoms with Crippen LogP contribution in [0.15, 0.2) is 6.07 Å². The van der Waals surface area contributed by atoms with E-state index in [0.717, 1.165) is 33.9 Å². The Hall–Kier alpha value is -1.02. The van der Waals surface area contributed by atoms with Gasteiger partial charge >= 0.3 is 0 Å². The first-order valence-electron chi connectivity index (χ1n) is 7.80. The fraction of sp³-hybridized carbons (Fsp3) is 0.611. The van der Waals surface area contributed by atoms with Crippen LogP contribution in [0.4, 0.5) is 0 Å². The van der Waals surface area contributed by atoms with Crippen LogP contribution >= 0.6 is 11.6 Å². The van der Waals surface area contributed by atoms with Gasteiger partial charge in [0.05, 0.1) is 6.61 Å². The number of rotatable bonds is 7. The molecule has 21 heavy (non-hydrogen) atoms. The summed E-state index contributed by atoms with van der Waals surface area (Å²) in [6.07, 6.45) is 1.47. The van der Waals surface area contributed by atoms with Gasteiger partial charge in [-0.25, -0.2) is 0 Å². The first kappa shape index (κ1) is 18.0. The molecular formula is C18H27ClO2. The quantitative estimate of drug-likeness (QED) is 0.668. The molecule has 2 nitrogen and oxygen atoms in total. The van der Waals surface area contributed by atoms with E-state index in [1.54, 1.807) is 0 Å². The van der Waals surface area contributed by atoms with Crippen molar-refractivity contribution in [3.63, 3.8) is 0 Å². The van der Waals surface area contributed by atoms with Crippen molar-refractivity contribution in [3.05, 3.63) is 27.8 Å². The summed E-state index contributed by atoms with van der Waals surface area (Å²) in [5, 5.41) is 0.739. The number of Topliss-reactive ketones (excluding diaryl/α,β-unsaturated/α-hetero) is 1. The lowest BCUT2D eigenvalue weighted by Crippen LogP contribution is -2.20. The van der Waals surface area contributed by atoms with E-state index in [2.05, 4.69) is 20.8 Å². The zero-order valence-electron chi connectivity index (χ0n) is 14.0. The predicted octanol–water partition coefficient (Wildman–Crippen LogP) is 5.46. The number of carbonyl (C=O) groups is 1. The Labute approximate surface area is 133 Å². The molecule has 1 aromatic carbocycles. The second-order valence-corrected chi connectivity index (χ2v) is 6.31. The average Bonchev–Trinajstić information content (AvgIpc) is 2.45. The van der Waals surface area contributed by atoms with Gasteiger partial charge in [-0.2, -0.15) is 0 Å². The van der Waals surface area contributed by atoms with E-state index in [0.29, 0.717) is 13.0 Å². The van der Waals surface area contributed by atoms with Gasteiger partial charge in [0.1, 0.15) is 11.5 Å². The molecule has 1 rings (SSSR count). The molecule has 0 N–H and O–H groups in total. The second kappa shape index (κ2) is 7.84. The third kappa shape index (κ3) is 4.00. The molecule has 3 heteroatoms. The lowest BCUT2D eigenvalue weighted by atomic mass is 9.81. The highest BCUT2D eigenvalue weighted by Gasteiger charge is 2.29. The van der Waals surface area contributed by atoms with E-state index in [1.807, 2.05) is 26.8 Å². The number of ether oxygens (including phenoxy) is 1. The Morgan fingerprint density at radius 3 is 2.38 bits per heavy atom. The molecule has 0 saturated heterocycles. The van der Waals surface area contributed by atoms with Crippen molar-refractivity contribution >= 4 is 17.4 Å². The summed E-state index contributed by atoms with van der Waals surface area (Å²) in [5.41, 5.74) is 2.94. The first-order valence-corrected chi connectivity index (χ1v) is 8.17. The lowest BCUT2D eigenvalue weighted by Gasteiger charge is -2.26. The van der Waals surface area contributed by atoms with Gasteiger partial charge in [-0.3, -0.25) is 4.79 Å². The minimum Gasteiger partial charge on any atom is -0.493 e. The third-order valence-electron chi connectivity index (χ3n) is 3.83. The molecule has 0 amide bonds. The molecule has 0 aliphatic carbocycles. The molecule has 118 valence electrons. The molecule has 1 unspecified atom stereocenters. The van der Waals surface area contributed by atoms with Crippen LogP contribution in [0.25, 0.3) is 0 Å². The highest BCUT2D eigenvalue weighted by molar-refractivity contribution is 6.32. The van der Waals surface area contributed by atoms with E-state index in [9.17, 15) is 4.79 Å². The van der Waals surface area contributed by atoms with Gasteiger partial charge in [-0.1, -0.05) is 39.3 Å². The van der Waals surface area contributed by atoms with Gasteiger partial charge < -0.3 is 4.74 Å². The van der Waals surface area contributed by atoms with Gasteiger partial charge in [-0.05, 0) is 43.4 Å². The highest BCUT2D eigenvalue weighted by Crippen LogP contribution is 2.40. The number of halogens is 1. The molecule has 0 bridgehead atoms. The van der Waals surface area contributed by atoms with Crippen LogP contribution in [0.3, 0.4) is 0 Å². The van der Waals surface area contributed by atoms with E-state index >= 15 is 0 Å². The monoisotopic (exact) mass is 310 g/mol. The largest absolute Gasteiger partial charge is 0.493 e. The molecule has 1 aromatic rings. The molecule has 1 atom stereocenters. The predicted molar refractivity (Wildman–Crippen MR) is 89.6 cm³/mol. The van der Waals surface area contributed by atoms with Crippen molar-refractivity contribution in [2.45, 2.75) is 60.3 Å². The number of ketones is 1. The smallest absolute Gasteiger partial charge is 0.140 e. The van der Waals surface area contributed by atoms with Crippen molar-refractivity contribution in [3.8, 4) is 5.75 Å². The Morgan fingerprint density at radius 2 is 1.90 bits per heavy atom. The molecule has 0 spiro atoms. The minimum absolute atomic E-state index is 0.153. The van der Waals surface area contributed by atoms with Crippen LogP contribution in [0, 0.1) is 19.8 Å². The number of hydrogen-bond donors (Lipinski definition) is 0. The molecule has 0 radical (unpaired) electrons. The molecule has 0 aliphatic heterocycles. The van der Waals surface area contributed by atoms with Gasteiger partial charge in [0, 0.05) is 22.9 Å². The van der Waals surface area contributed by atoms with Crippen molar-refractivity contribution in [1.29, 1.82) is 0 Å². The van der Waals surface area contributed by atoms with Crippen LogP contribution < -0.4 is 4.74 Å². The van der Waals surface area contributed by atoms with Crippen LogP contribution in [-0.4, -0.2) is 12.4 Å². The fourth-order valence-corrected chi connectivity index (χ4v) is 2.90. The lowest BCUT2D eigenvalue weighted by molar-refractivity contribution is -0.121. The summed E-state index contributed by atoms with van der Waals surface area (Å²) >= 11 is 6.42. The summed E-state index contributed by atoms with van der Waals surface area (Å²) in [5.74, 6) is 1.13. The Bertz CT molecular complexity index is 506. The molecule has 0 aromatic heterocycles. The maximum atomic E-state index is 12.4. The van der Waals surface area contributed by atoms with Gasteiger partial charge in [0.2, 0.25) is 0 Å². The molecule has 0 aliphatic rings. The maximum Gasteiger partial charge on any atom is 0.140 e. The average molecular weight is 311 g/mol. The molecule has 0 heterocycles. The number of benzene rings is 1. The van der Waals surface area contributed by atoms with E-state index in [1.165, 1.54) is 0 Å². The van der Waals surface area contributed by atoms with Crippen molar-refractivity contribution in [2.24, 2.45) is 5.92 Å². The van der Waals surface area contributed by atoms with Crippen LogP contribution in [0.1, 0.15) is 63.1 Å². The van der Waals surface area contributed by atoms with Crippen LogP contribution in [0.5, 0.6) is 5.75 Å². The van der Waals surface area contributed by atoms with Crippen molar-refractivity contribution in [2.75, 3.05) is 6.61 Å². The Morgan fingerprint density at radius 1 is 1.29 bits per heavy atom. The zero-order valence-corrected chi connectivity index (χ0v) is 14.8. The second-order valence-electron chi connectivity index (χ2n) is 5.93. The summed E-state index contributed by atoms with van der Waals surface area (Å²) in [6.45, 7) is 12.8. The first-order chi connectivity index (χ1) is 9.84. The van der Waals surface area contributed by atoms with Crippen molar-refractivity contribution in [1.82, 2.24) is 0 Å². The molecule has 0 saturated carbocycles. The van der Waals surface area contributed by atoms with E-state index < -0.39 is 0 Å². The zero-order chi connectivity index (χ0) is 16.2. The standard InChI is InChI=1S/C18H27ClO2/c1-7-9-21-15-10-12(5)18(19)13(6)17(15)16(11(3)4)14(20)8-2/h10-11,16H,7-9H2,1-6H3. The van der Waals surface area contributed by atoms with Crippen LogP contribution in [-0.2, 0) is 4.79 Å². The normalized spacial score (nSPS) is 12.6. The molecular weight excluding hydrogens is 284 g/mol. The topological polar surface area (TPSA) is 26.3 Å². The van der Waals surface area contributed by atoms with E-state index in [4.69, 9.17) is 16.3 Å². The van der Waals surface area contributed by atoms with Crippen molar-refractivity contribution < 1.29 is 9.53 Å². The number of aryl methyl sites for hydroxylation is 1. The Kier molecular flexibility index (Phi) is 6.73. The SMILES string of the molecule is CCCOc1cc(C)c(Cl)c(C)c1C(C(=O)CC)C(C)C. The number of carbonyl (C=O) groups excluding carboxylic acids is 1. The summed E-state index contributed by atoms with van der Waals surface area (Å²) in [6, 6.07) is 1.97. The molecule has 0 fully saturated rings. The fourth-order valence-electron chi connectivity index (χ4n) is 2.74. The van der Waals surface area contributed by atoms with Gasteiger partial charge in [-0.15, -0.1) is 0 Å². The Balaban J connectivity index is 3.48. The highest BCUT2D eigenvalue weighted by atomic mass is 35.5. The summed E-state index contributed by atoms with van der Waals surface area (Å²) < 4.78 is 5.92. The summed E-state index contributed by atoms with van der Waals surface area (Å²) in [4.78, 5) is 12.4. The summed E-state index contributed by atoms with van der Waals surface area (Å²) in [7, 11) is 0. The number of hydrogen-bond acceptors (Lipinski definition) is 2. The van der Waals surface area contributed by atoms with E-state index in [-0.39, 0.29) is 17.6 Å².